The van der Waals surface area contributed by atoms with Gasteiger partial charge in [-0.3, -0.25) is 24.6 Å². The number of fused-ring (bicyclic) bond motifs is 1. The molecule has 1 aliphatic rings. The quantitative estimate of drug-likeness (QED) is 0.437. The van der Waals surface area contributed by atoms with Crippen molar-refractivity contribution in [1.29, 1.82) is 0 Å². The second-order valence-corrected chi connectivity index (χ2v) is 7.22. The van der Waals surface area contributed by atoms with Crippen LogP contribution >= 0.6 is 11.6 Å². The van der Waals surface area contributed by atoms with Crippen LogP contribution < -0.4 is 19.7 Å². The fourth-order valence-corrected chi connectivity index (χ4v) is 3.29. The number of ether oxygens (including phenoxy) is 2. The van der Waals surface area contributed by atoms with Crippen LogP contribution in [-0.4, -0.2) is 29.9 Å². The molecule has 0 spiro atoms. The predicted octanol–water partition coefficient (Wildman–Crippen LogP) is 4.40. The predicted molar refractivity (Wildman–Crippen MR) is 118 cm³/mol. The molecule has 0 radical (unpaired) electrons. The van der Waals surface area contributed by atoms with Gasteiger partial charge in [0.2, 0.25) is 5.91 Å². The average molecular weight is 454 g/mol. The summed E-state index contributed by atoms with van der Waals surface area (Å²) in [6.45, 7) is -0.661. The molecule has 0 saturated carbocycles. The second kappa shape index (κ2) is 8.94. The van der Waals surface area contributed by atoms with Crippen molar-refractivity contribution in [2.75, 3.05) is 23.4 Å². The largest absolute Gasteiger partial charge is 0.482 e. The first-order chi connectivity index (χ1) is 15.4. The van der Waals surface area contributed by atoms with Crippen molar-refractivity contribution >= 4 is 40.5 Å². The fraction of sp³-hybridized carbons (Fsp3) is 0.0909. The number of nitro groups is 1. The van der Waals surface area contributed by atoms with Gasteiger partial charge < -0.3 is 14.8 Å². The van der Waals surface area contributed by atoms with Crippen molar-refractivity contribution in [3.05, 3.63) is 81.9 Å². The maximum atomic E-state index is 12.8. The molecule has 0 unspecified atom stereocenters. The van der Waals surface area contributed by atoms with Crippen LogP contribution in [0.3, 0.4) is 0 Å². The smallest absolute Gasteiger partial charge is 0.271 e. The van der Waals surface area contributed by atoms with Crippen LogP contribution in [0.2, 0.25) is 5.02 Å². The Balaban J connectivity index is 1.56. The average Bonchev–Trinajstić information content (AvgIpc) is 2.78. The summed E-state index contributed by atoms with van der Waals surface area (Å²) in [5.74, 6) is 0.157. The summed E-state index contributed by atoms with van der Waals surface area (Å²) >= 11 is 6.08. The highest BCUT2D eigenvalue weighted by atomic mass is 35.5. The minimum absolute atomic E-state index is 0.150. The molecule has 0 bridgehead atoms. The highest BCUT2D eigenvalue weighted by molar-refractivity contribution is 6.31. The topological polar surface area (TPSA) is 111 Å². The molecule has 2 amide bonds. The van der Waals surface area contributed by atoms with E-state index in [4.69, 9.17) is 21.1 Å². The van der Waals surface area contributed by atoms with E-state index >= 15 is 0 Å². The third kappa shape index (κ3) is 4.62. The molecule has 0 saturated heterocycles. The van der Waals surface area contributed by atoms with E-state index in [0.717, 1.165) is 4.90 Å². The van der Waals surface area contributed by atoms with Crippen LogP contribution in [0.1, 0.15) is 0 Å². The van der Waals surface area contributed by atoms with Crippen LogP contribution in [0.25, 0.3) is 0 Å². The Hall–Kier alpha value is -4.11. The summed E-state index contributed by atoms with van der Waals surface area (Å²) in [4.78, 5) is 36.9. The summed E-state index contributed by atoms with van der Waals surface area (Å²) in [7, 11) is 0. The molecule has 3 aromatic carbocycles. The lowest BCUT2D eigenvalue weighted by Gasteiger charge is -2.28. The number of halogens is 1. The minimum atomic E-state index is -0.587. The molecule has 32 heavy (non-hydrogen) atoms. The number of carbonyl (C=O) groups is 2. The number of non-ortho nitro benzene ring substituents is 1. The van der Waals surface area contributed by atoms with E-state index in [1.165, 1.54) is 24.3 Å². The van der Waals surface area contributed by atoms with E-state index in [0.29, 0.717) is 22.2 Å². The molecule has 3 aromatic rings. The number of anilines is 2. The Morgan fingerprint density at radius 3 is 2.69 bits per heavy atom. The van der Waals surface area contributed by atoms with Gasteiger partial charge in [0, 0.05) is 17.2 Å². The van der Waals surface area contributed by atoms with Crippen molar-refractivity contribution in [3.8, 4) is 17.2 Å². The number of amides is 2. The van der Waals surface area contributed by atoms with Gasteiger partial charge in [-0.1, -0.05) is 29.8 Å². The second-order valence-electron chi connectivity index (χ2n) is 6.78. The van der Waals surface area contributed by atoms with Crippen LogP contribution in [0.15, 0.2) is 66.7 Å². The number of para-hydroxylation sites is 1. The van der Waals surface area contributed by atoms with E-state index < -0.39 is 16.7 Å². The lowest BCUT2D eigenvalue weighted by Crippen LogP contribution is -2.43. The van der Waals surface area contributed by atoms with Crippen molar-refractivity contribution in [3.63, 3.8) is 0 Å². The summed E-state index contributed by atoms with van der Waals surface area (Å²) in [5.41, 5.74) is 0.240. The molecule has 9 nitrogen and oxygen atoms in total. The molecule has 0 atom stereocenters. The SMILES string of the molecule is O=C(CN1C(=O)COc2ccc([N+](=O)[O-])cc21)Nc1cc(Cl)ccc1Oc1ccccc1. The van der Waals surface area contributed by atoms with Gasteiger partial charge in [-0.2, -0.15) is 0 Å². The molecule has 1 heterocycles. The van der Waals surface area contributed by atoms with Gasteiger partial charge in [-0.25, -0.2) is 0 Å². The zero-order chi connectivity index (χ0) is 22.7. The van der Waals surface area contributed by atoms with Crippen molar-refractivity contribution in [2.24, 2.45) is 0 Å². The highest BCUT2D eigenvalue weighted by Crippen LogP contribution is 2.36. The fourth-order valence-electron chi connectivity index (χ4n) is 3.12. The Morgan fingerprint density at radius 2 is 1.94 bits per heavy atom. The number of benzene rings is 3. The van der Waals surface area contributed by atoms with Gasteiger partial charge in [-0.05, 0) is 36.4 Å². The van der Waals surface area contributed by atoms with E-state index in [1.54, 1.807) is 24.3 Å². The maximum Gasteiger partial charge on any atom is 0.271 e. The Morgan fingerprint density at radius 1 is 1.16 bits per heavy atom. The summed E-state index contributed by atoms with van der Waals surface area (Å²) in [6, 6.07) is 17.6. The van der Waals surface area contributed by atoms with Crippen LogP contribution in [0, 0.1) is 10.1 Å². The normalized spacial score (nSPS) is 12.5. The molecule has 1 N–H and O–H groups in total. The number of hydrogen-bond donors (Lipinski definition) is 1. The van der Waals surface area contributed by atoms with E-state index in [1.807, 2.05) is 18.2 Å². The van der Waals surface area contributed by atoms with Crippen molar-refractivity contribution in [1.82, 2.24) is 0 Å². The third-order valence-electron chi connectivity index (χ3n) is 4.58. The zero-order valence-electron chi connectivity index (χ0n) is 16.5. The lowest BCUT2D eigenvalue weighted by molar-refractivity contribution is -0.384. The number of carbonyl (C=O) groups excluding carboxylic acids is 2. The van der Waals surface area contributed by atoms with Crippen LogP contribution in [0.5, 0.6) is 17.2 Å². The number of rotatable bonds is 6. The van der Waals surface area contributed by atoms with Gasteiger partial charge in [0.1, 0.15) is 18.0 Å². The molecular formula is C22H16ClN3O6. The van der Waals surface area contributed by atoms with Gasteiger partial charge in [0.15, 0.2) is 12.4 Å². The third-order valence-corrected chi connectivity index (χ3v) is 4.82. The van der Waals surface area contributed by atoms with Crippen LogP contribution in [-0.2, 0) is 9.59 Å². The Labute approximate surface area is 187 Å². The van der Waals surface area contributed by atoms with Crippen molar-refractivity contribution < 1.29 is 24.0 Å². The van der Waals surface area contributed by atoms with Gasteiger partial charge in [-0.15, -0.1) is 0 Å². The van der Waals surface area contributed by atoms with E-state index in [-0.39, 0.29) is 30.3 Å². The first-order valence-corrected chi connectivity index (χ1v) is 9.82. The number of nitrogens with one attached hydrogen (secondary N) is 1. The summed E-state index contributed by atoms with van der Waals surface area (Å²) in [6.07, 6.45) is 0. The van der Waals surface area contributed by atoms with E-state index in [2.05, 4.69) is 5.32 Å². The van der Waals surface area contributed by atoms with Gasteiger partial charge >= 0.3 is 0 Å². The number of nitrogens with zero attached hydrogens (tertiary/aromatic N) is 2. The molecule has 0 aromatic heterocycles. The molecule has 4 rings (SSSR count). The Kier molecular flexibility index (Phi) is 5.91. The highest BCUT2D eigenvalue weighted by Gasteiger charge is 2.29. The molecule has 1 aliphatic heterocycles. The lowest BCUT2D eigenvalue weighted by atomic mass is 10.2. The van der Waals surface area contributed by atoms with Gasteiger partial charge in [0.25, 0.3) is 11.6 Å². The maximum absolute atomic E-state index is 12.8. The van der Waals surface area contributed by atoms with Crippen molar-refractivity contribution in [2.45, 2.75) is 0 Å². The number of hydrogen-bond acceptors (Lipinski definition) is 6. The summed E-state index contributed by atoms with van der Waals surface area (Å²) < 4.78 is 11.1. The molecule has 10 heteroatoms. The first kappa shape index (κ1) is 21.1. The number of nitro benzene ring substituents is 1. The standard InChI is InChI=1S/C22H16ClN3O6/c23-14-6-8-19(32-16-4-2-1-3-5-16)17(10-14)24-21(27)12-25-18-11-15(26(29)30)7-9-20(18)31-13-22(25)28/h1-11H,12-13H2,(H,24,27). The minimum Gasteiger partial charge on any atom is -0.482 e. The summed E-state index contributed by atoms with van der Waals surface area (Å²) in [5, 5.41) is 14.2. The van der Waals surface area contributed by atoms with E-state index in [9.17, 15) is 19.7 Å². The molecule has 0 fully saturated rings. The van der Waals surface area contributed by atoms with Gasteiger partial charge in [0.05, 0.1) is 16.3 Å². The zero-order valence-corrected chi connectivity index (χ0v) is 17.2. The first-order valence-electron chi connectivity index (χ1n) is 9.44. The Bertz CT molecular complexity index is 1200. The molecular weight excluding hydrogens is 438 g/mol. The molecule has 0 aliphatic carbocycles. The van der Waals surface area contributed by atoms with Crippen LogP contribution in [0.4, 0.5) is 17.1 Å². The monoisotopic (exact) mass is 453 g/mol. The molecule has 162 valence electrons.